The molecule has 0 aliphatic carbocycles. The van der Waals surface area contributed by atoms with Crippen molar-refractivity contribution in [1.29, 1.82) is 0 Å². The number of benzene rings is 1. The van der Waals surface area contributed by atoms with Crippen molar-refractivity contribution in [3.8, 4) is 0 Å². The summed E-state index contributed by atoms with van der Waals surface area (Å²) >= 11 is 6.14. The number of halogens is 1. The normalized spacial score (nSPS) is 19.0. The first-order chi connectivity index (χ1) is 10.1. The van der Waals surface area contributed by atoms with Crippen molar-refractivity contribution in [2.75, 3.05) is 19.6 Å². The number of nitrogens with zero attached hydrogens (tertiary/aromatic N) is 1. The van der Waals surface area contributed by atoms with E-state index < -0.39 is 0 Å². The van der Waals surface area contributed by atoms with Crippen LogP contribution in [0.15, 0.2) is 24.3 Å². The van der Waals surface area contributed by atoms with E-state index in [1.54, 1.807) is 0 Å². The molecule has 1 N–H and O–H groups in total. The Morgan fingerprint density at radius 1 is 1.43 bits per heavy atom. The lowest BCUT2D eigenvalue weighted by Crippen LogP contribution is -2.44. The molecule has 1 aromatic carbocycles. The van der Waals surface area contributed by atoms with E-state index in [4.69, 9.17) is 11.6 Å². The summed E-state index contributed by atoms with van der Waals surface area (Å²) in [7, 11) is 0. The van der Waals surface area contributed by atoms with E-state index >= 15 is 0 Å². The molecule has 2 rings (SSSR count). The molecule has 1 aliphatic rings. The lowest BCUT2D eigenvalue weighted by Gasteiger charge is -2.33. The van der Waals surface area contributed by atoms with Crippen molar-refractivity contribution in [2.45, 2.75) is 39.2 Å². The van der Waals surface area contributed by atoms with Crippen LogP contribution in [0.2, 0.25) is 5.02 Å². The topological polar surface area (TPSA) is 32.3 Å². The fourth-order valence-electron chi connectivity index (χ4n) is 2.78. The predicted molar refractivity (Wildman–Crippen MR) is 87.6 cm³/mol. The van der Waals surface area contributed by atoms with Gasteiger partial charge in [0.05, 0.1) is 6.42 Å². The number of piperidine rings is 1. The molecule has 3 nitrogen and oxygen atoms in total. The molecular weight excluding hydrogens is 284 g/mol. The Labute approximate surface area is 132 Å². The highest BCUT2D eigenvalue weighted by Gasteiger charge is 2.23. The van der Waals surface area contributed by atoms with Gasteiger partial charge < -0.3 is 10.2 Å². The van der Waals surface area contributed by atoms with Gasteiger partial charge in [0.2, 0.25) is 5.91 Å². The highest BCUT2D eigenvalue weighted by atomic mass is 35.5. The first-order valence-electron chi connectivity index (χ1n) is 7.81. The molecule has 0 saturated carbocycles. The fraction of sp³-hybridized carbons (Fsp3) is 0.588. The van der Waals surface area contributed by atoms with Crippen LogP contribution in [0.4, 0.5) is 0 Å². The number of hydrogen-bond donors (Lipinski definition) is 1. The molecule has 0 aromatic heterocycles. The van der Waals surface area contributed by atoms with Crippen LogP contribution in [0.1, 0.15) is 32.3 Å². The Morgan fingerprint density at radius 3 is 2.90 bits per heavy atom. The molecule has 21 heavy (non-hydrogen) atoms. The summed E-state index contributed by atoms with van der Waals surface area (Å²) < 4.78 is 0. The zero-order valence-corrected chi connectivity index (χ0v) is 13.7. The third kappa shape index (κ3) is 5.01. The van der Waals surface area contributed by atoms with Gasteiger partial charge in [-0.3, -0.25) is 4.79 Å². The number of amides is 1. The van der Waals surface area contributed by atoms with Gasteiger partial charge in [-0.25, -0.2) is 0 Å². The molecule has 1 amide bonds. The molecule has 0 radical (unpaired) electrons. The highest BCUT2D eigenvalue weighted by Crippen LogP contribution is 2.20. The molecule has 1 atom stereocenters. The lowest BCUT2D eigenvalue weighted by molar-refractivity contribution is -0.132. The summed E-state index contributed by atoms with van der Waals surface area (Å²) in [5.41, 5.74) is 0.923. The maximum Gasteiger partial charge on any atom is 0.227 e. The van der Waals surface area contributed by atoms with Gasteiger partial charge in [0.25, 0.3) is 0 Å². The molecule has 116 valence electrons. The average molecular weight is 309 g/mol. The van der Waals surface area contributed by atoms with Gasteiger partial charge in [0.15, 0.2) is 0 Å². The summed E-state index contributed by atoms with van der Waals surface area (Å²) in [6.45, 7) is 7.05. The van der Waals surface area contributed by atoms with Crippen LogP contribution in [0.25, 0.3) is 0 Å². The van der Waals surface area contributed by atoms with E-state index in [0.29, 0.717) is 23.4 Å². The molecule has 1 unspecified atom stereocenters. The lowest BCUT2D eigenvalue weighted by atomic mass is 9.97. The van der Waals surface area contributed by atoms with Gasteiger partial charge in [-0.1, -0.05) is 43.6 Å². The summed E-state index contributed by atoms with van der Waals surface area (Å²) in [6.07, 6.45) is 2.71. The van der Waals surface area contributed by atoms with E-state index in [1.165, 1.54) is 6.42 Å². The third-order valence-electron chi connectivity index (χ3n) is 3.99. The van der Waals surface area contributed by atoms with Gasteiger partial charge in [-0.15, -0.1) is 0 Å². The molecule has 0 bridgehead atoms. The Morgan fingerprint density at radius 2 is 2.19 bits per heavy atom. The second-order valence-corrected chi connectivity index (χ2v) is 6.59. The zero-order valence-electron chi connectivity index (χ0n) is 12.9. The largest absolute Gasteiger partial charge is 0.342 e. The molecule has 4 heteroatoms. The van der Waals surface area contributed by atoms with Crippen LogP contribution < -0.4 is 5.32 Å². The quantitative estimate of drug-likeness (QED) is 0.906. The standard InChI is InChI=1S/C17H25ClN2O/c1-13(2)19-11-14-6-5-9-20(12-14)17(21)10-15-7-3-4-8-16(15)18/h3-4,7-8,13-14,19H,5-6,9-12H2,1-2H3. The predicted octanol–water partition coefficient (Wildman–Crippen LogP) is 3.12. The van der Waals surface area contributed by atoms with Crippen LogP contribution in [0.5, 0.6) is 0 Å². The maximum atomic E-state index is 12.5. The van der Waals surface area contributed by atoms with Gasteiger partial charge >= 0.3 is 0 Å². The van der Waals surface area contributed by atoms with E-state index in [0.717, 1.165) is 31.6 Å². The molecule has 1 fully saturated rings. The second-order valence-electron chi connectivity index (χ2n) is 6.18. The van der Waals surface area contributed by atoms with Crippen molar-refractivity contribution in [1.82, 2.24) is 10.2 Å². The fourth-order valence-corrected chi connectivity index (χ4v) is 2.98. The average Bonchev–Trinajstić information content (AvgIpc) is 2.48. The van der Waals surface area contributed by atoms with Gasteiger partial charge in [-0.05, 0) is 36.9 Å². The minimum absolute atomic E-state index is 0.192. The Bertz CT molecular complexity index is 476. The number of hydrogen-bond acceptors (Lipinski definition) is 2. The Kier molecular flexibility index (Phi) is 6.07. The Hall–Kier alpha value is -1.06. The van der Waals surface area contributed by atoms with Crippen LogP contribution in [-0.4, -0.2) is 36.5 Å². The minimum atomic E-state index is 0.192. The smallest absolute Gasteiger partial charge is 0.227 e. The van der Waals surface area contributed by atoms with Crippen LogP contribution in [0, 0.1) is 5.92 Å². The van der Waals surface area contributed by atoms with Crippen molar-refractivity contribution >= 4 is 17.5 Å². The number of carbonyl (C=O) groups is 1. The van der Waals surface area contributed by atoms with Crippen molar-refractivity contribution in [3.05, 3.63) is 34.9 Å². The van der Waals surface area contributed by atoms with Crippen molar-refractivity contribution < 1.29 is 4.79 Å². The van der Waals surface area contributed by atoms with Gasteiger partial charge in [-0.2, -0.15) is 0 Å². The Balaban J connectivity index is 1.88. The highest BCUT2D eigenvalue weighted by molar-refractivity contribution is 6.31. The molecule has 0 spiro atoms. The first kappa shape index (κ1) is 16.3. The number of rotatable bonds is 5. The van der Waals surface area contributed by atoms with Gasteiger partial charge in [0.1, 0.15) is 0 Å². The first-order valence-corrected chi connectivity index (χ1v) is 8.18. The summed E-state index contributed by atoms with van der Waals surface area (Å²) in [4.78, 5) is 14.4. The third-order valence-corrected chi connectivity index (χ3v) is 4.35. The van der Waals surface area contributed by atoms with E-state index in [2.05, 4.69) is 19.2 Å². The summed E-state index contributed by atoms with van der Waals surface area (Å²) in [5.74, 6) is 0.758. The number of nitrogens with one attached hydrogen (secondary N) is 1. The monoisotopic (exact) mass is 308 g/mol. The van der Waals surface area contributed by atoms with Crippen LogP contribution in [0.3, 0.4) is 0 Å². The summed E-state index contributed by atoms with van der Waals surface area (Å²) in [5, 5.41) is 4.16. The maximum absolute atomic E-state index is 12.5. The van der Waals surface area contributed by atoms with Crippen molar-refractivity contribution in [3.63, 3.8) is 0 Å². The van der Waals surface area contributed by atoms with E-state index in [9.17, 15) is 4.79 Å². The van der Waals surface area contributed by atoms with Crippen LogP contribution >= 0.6 is 11.6 Å². The number of carbonyl (C=O) groups excluding carboxylic acids is 1. The number of likely N-dealkylation sites (tertiary alicyclic amines) is 1. The molecule has 1 aliphatic heterocycles. The SMILES string of the molecule is CC(C)NCC1CCCN(C(=O)Cc2ccccc2Cl)C1. The molecule has 1 saturated heterocycles. The molecule has 1 heterocycles. The van der Waals surface area contributed by atoms with Crippen LogP contribution in [-0.2, 0) is 11.2 Å². The second kappa shape index (κ2) is 7.81. The van der Waals surface area contributed by atoms with E-state index in [1.807, 2.05) is 29.2 Å². The molecular formula is C17H25ClN2O. The summed E-state index contributed by atoms with van der Waals surface area (Å²) in [6, 6.07) is 8.10. The minimum Gasteiger partial charge on any atom is -0.342 e. The zero-order chi connectivity index (χ0) is 15.2. The van der Waals surface area contributed by atoms with Gasteiger partial charge in [0, 0.05) is 24.2 Å². The van der Waals surface area contributed by atoms with E-state index in [-0.39, 0.29) is 5.91 Å². The van der Waals surface area contributed by atoms with Crippen molar-refractivity contribution in [2.24, 2.45) is 5.92 Å². The molecule has 1 aromatic rings.